The molecule has 1 heterocycles. The molecule has 1 N–H and O–H groups in total. The maximum absolute atomic E-state index is 12.3. The summed E-state index contributed by atoms with van der Waals surface area (Å²) in [6.07, 6.45) is 9.96. The van der Waals surface area contributed by atoms with Crippen LogP contribution >= 0.6 is 11.6 Å². The molecule has 112 valence electrons. The Balaban J connectivity index is 1.95. The van der Waals surface area contributed by atoms with Crippen LogP contribution in [0.5, 0.6) is 0 Å². The molecule has 0 radical (unpaired) electrons. The molecule has 0 aliphatic heterocycles. The lowest BCUT2D eigenvalue weighted by molar-refractivity contribution is 0.262. The number of unbranched alkanes of at least 4 members (excludes halogenated alkanes) is 3. The predicted molar refractivity (Wildman–Crippen MR) is 83.5 cm³/mol. The SMILES string of the molecule is CCCCCCNc1c(Cl)cnn(CC2CCC2)c1=O. The van der Waals surface area contributed by atoms with Crippen LogP contribution in [-0.2, 0) is 6.54 Å². The van der Waals surface area contributed by atoms with E-state index in [1.165, 1.54) is 38.5 Å². The third kappa shape index (κ3) is 3.98. The Labute approximate surface area is 125 Å². The van der Waals surface area contributed by atoms with E-state index < -0.39 is 0 Å². The number of aromatic nitrogens is 2. The summed E-state index contributed by atoms with van der Waals surface area (Å²) in [7, 11) is 0. The van der Waals surface area contributed by atoms with Crippen molar-refractivity contribution in [1.29, 1.82) is 0 Å². The van der Waals surface area contributed by atoms with Gasteiger partial charge in [-0.05, 0) is 25.2 Å². The molecule has 1 aromatic rings. The van der Waals surface area contributed by atoms with Crippen LogP contribution in [0, 0.1) is 5.92 Å². The monoisotopic (exact) mass is 297 g/mol. The van der Waals surface area contributed by atoms with Gasteiger partial charge in [-0.15, -0.1) is 0 Å². The van der Waals surface area contributed by atoms with Gasteiger partial charge < -0.3 is 5.32 Å². The molecule has 5 heteroatoms. The van der Waals surface area contributed by atoms with Gasteiger partial charge in [-0.3, -0.25) is 4.79 Å². The van der Waals surface area contributed by atoms with Gasteiger partial charge in [0.05, 0.1) is 11.2 Å². The number of hydrogen-bond acceptors (Lipinski definition) is 3. The first kappa shape index (κ1) is 15.4. The highest BCUT2D eigenvalue weighted by Gasteiger charge is 2.20. The van der Waals surface area contributed by atoms with E-state index in [4.69, 9.17) is 11.6 Å². The molecule has 0 unspecified atom stereocenters. The highest BCUT2D eigenvalue weighted by Crippen LogP contribution is 2.27. The fourth-order valence-electron chi connectivity index (χ4n) is 2.44. The average molecular weight is 298 g/mol. The molecule has 1 saturated carbocycles. The van der Waals surface area contributed by atoms with Gasteiger partial charge in [0.2, 0.25) is 0 Å². The van der Waals surface area contributed by atoms with E-state index in [0.717, 1.165) is 19.5 Å². The fraction of sp³-hybridized carbons (Fsp3) is 0.733. The zero-order chi connectivity index (χ0) is 14.4. The summed E-state index contributed by atoms with van der Waals surface area (Å²) in [4.78, 5) is 12.3. The van der Waals surface area contributed by atoms with Crippen molar-refractivity contribution in [2.24, 2.45) is 5.92 Å². The summed E-state index contributed by atoms with van der Waals surface area (Å²) in [6.45, 7) is 3.70. The first-order valence-corrected chi connectivity index (χ1v) is 8.09. The Bertz CT molecular complexity index is 482. The molecule has 0 saturated heterocycles. The third-order valence-corrected chi connectivity index (χ3v) is 4.27. The number of nitrogens with zero attached hydrogens (tertiary/aromatic N) is 2. The Morgan fingerprint density at radius 3 is 2.85 bits per heavy atom. The molecule has 0 atom stereocenters. The largest absolute Gasteiger partial charge is 0.379 e. The van der Waals surface area contributed by atoms with Gasteiger partial charge >= 0.3 is 0 Å². The maximum atomic E-state index is 12.3. The van der Waals surface area contributed by atoms with E-state index in [2.05, 4.69) is 17.3 Å². The summed E-state index contributed by atoms with van der Waals surface area (Å²) in [6, 6.07) is 0. The van der Waals surface area contributed by atoms with Crippen LogP contribution in [0.4, 0.5) is 5.69 Å². The van der Waals surface area contributed by atoms with Gasteiger partial charge in [0.25, 0.3) is 5.56 Å². The zero-order valence-electron chi connectivity index (χ0n) is 12.2. The fourth-order valence-corrected chi connectivity index (χ4v) is 2.64. The Kier molecular flexibility index (Phi) is 5.89. The van der Waals surface area contributed by atoms with Crippen molar-refractivity contribution in [2.45, 2.75) is 58.4 Å². The van der Waals surface area contributed by atoms with Gasteiger partial charge in [-0.25, -0.2) is 4.68 Å². The van der Waals surface area contributed by atoms with E-state index in [9.17, 15) is 4.79 Å². The van der Waals surface area contributed by atoms with Crippen LogP contribution in [0.1, 0.15) is 51.9 Å². The average Bonchev–Trinajstić information content (AvgIpc) is 2.39. The molecule has 0 aromatic carbocycles. The molecule has 4 nitrogen and oxygen atoms in total. The Morgan fingerprint density at radius 1 is 1.40 bits per heavy atom. The second-order valence-corrected chi connectivity index (χ2v) is 6.05. The number of hydrogen-bond donors (Lipinski definition) is 1. The lowest BCUT2D eigenvalue weighted by atomic mass is 9.85. The molecular weight excluding hydrogens is 274 g/mol. The van der Waals surface area contributed by atoms with Crippen LogP contribution in [0.3, 0.4) is 0 Å². The lowest BCUT2D eigenvalue weighted by Gasteiger charge is -2.25. The quantitative estimate of drug-likeness (QED) is 0.744. The third-order valence-electron chi connectivity index (χ3n) is 3.99. The van der Waals surface area contributed by atoms with E-state index >= 15 is 0 Å². The molecule has 20 heavy (non-hydrogen) atoms. The Morgan fingerprint density at radius 2 is 2.20 bits per heavy atom. The van der Waals surface area contributed by atoms with Crippen LogP contribution < -0.4 is 10.9 Å². The van der Waals surface area contributed by atoms with E-state index in [-0.39, 0.29) is 5.56 Å². The molecule has 0 amide bonds. The molecule has 1 aromatic heterocycles. The zero-order valence-corrected chi connectivity index (χ0v) is 13.0. The second-order valence-electron chi connectivity index (χ2n) is 5.64. The minimum atomic E-state index is -0.0834. The number of halogens is 1. The molecule has 0 spiro atoms. The van der Waals surface area contributed by atoms with Gasteiger partial charge in [0.15, 0.2) is 0 Å². The number of anilines is 1. The van der Waals surface area contributed by atoms with Crippen LogP contribution in [0.2, 0.25) is 5.02 Å². The summed E-state index contributed by atoms with van der Waals surface area (Å²) >= 11 is 6.09. The molecule has 1 aliphatic rings. The number of nitrogens with one attached hydrogen (secondary N) is 1. The van der Waals surface area contributed by atoms with Gasteiger partial charge in [0.1, 0.15) is 5.69 Å². The molecule has 2 rings (SSSR count). The van der Waals surface area contributed by atoms with Gasteiger partial charge in [-0.2, -0.15) is 5.10 Å². The summed E-state index contributed by atoms with van der Waals surface area (Å²) in [5.74, 6) is 0.610. The second kappa shape index (κ2) is 7.67. The van der Waals surface area contributed by atoms with Gasteiger partial charge in [-0.1, -0.05) is 44.2 Å². The van der Waals surface area contributed by atoms with E-state index in [0.29, 0.717) is 16.6 Å². The summed E-state index contributed by atoms with van der Waals surface area (Å²) < 4.78 is 1.56. The minimum absolute atomic E-state index is 0.0834. The van der Waals surface area contributed by atoms with Gasteiger partial charge in [0, 0.05) is 13.1 Å². The Hall–Kier alpha value is -1.03. The normalized spacial score (nSPS) is 15.1. The molecule has 0 bridgehead atoms. The van der Waals surface area contributed by atoms with Crippen LogP contribution in [-0.4, -0.2) is 16.3 Å². The van der Waals surface area contributed by atoms with Crippen LogP contribution in [0.15, 0.2) is 11.0 Å². The lowest BCUT2D eigenvalue weighted by Crippen LogP contribution is -2.31. The topological polar surface area (TPSA) is 46.9 Å². The van der Waals surface area contributed by atoms with Crippen LogP contribution in [0.25, 0.3) is 0 Å². The highest BCUT2D eigenvalue weighted by atomic mass is 35.5. The van der Waals surface area contributed by atoms with Crippen molar-refractivity contribution in [2.75, 3.05) is 11.9 Å². The minimum Gasteiger partial charge on any atom is -0.379 e. The summed E-state index contributed by atoms with van der Waals surface area (Å²) in [5, 5.41) is 7.76. The number of rotatable bonds is 8. The van der Waals surface area contributed by atoms with Crippen molar-refractivity contribution in [3.05, 3.63) is 21.6 Å². The summed E-state index contributed by atoms with van der Waals surface area (Å²) in [5.41, 5.74) is 0.428. The maximum Gasteiger partial charge on any atom is 0.291 e. The highest BCUT2D eigenvalue weighted by molar-refractivity contribution is 6.32. The van der Waals surface area contributed by atoms with Crippen molar-refractivity contribution >= 4 is 17.3 Å². The smallest absolute Gasteiger partial charge is 0.291 e. The van der Waals surface area contributed by atoms with Crippen molar-refractivity contribution < 1.29 is 0 Å². The van der Waals surface area contributed by atoms with Crippen molar-refractivity contribution in [3.63, 3.8) is 0 Å². The standard InChI is InChI=1S/C15H24ClN3O/c1-2-3-4-5-9-17-14-13(16)10-18-19(15(14)20)11-12-7-6-8-12/h10,12,17H,2-9,11H2,1H3. The molecule has 1 fully saturated rings. The van der Waals surface area contributed by atoms with Crippen molar-refractivity contribution in [1.82, 2.24) is 9.78 Å². The first-order chi connectivity index (χ1) is 9.72. The van der Waals surface area contributed by atoms with Crippen molar-refractivity contribution in [3.8, 4) is 0 Å². The first-order valence-electron chi connectivity index (χ1n) is 7.72. The molecule has 1 aliphatic carbocycles. The molecular formula is C15H24ClN3O. The van der Waals surface area contributed by atoms with E-state index in [1.807, 2.05) is 0 Å². The predicted octanol–water partition coefficient (Wildman–Crippen LogP) is 3.69. The van der Waals surface area contributed by atoms with E-state index in [1.54, 1.807) is 10.9 Å².